The highest BCUT2D eigenvalue weighted by molar-refractivity contribution is 5.69. The van der Waals surface area contributed by atoms with Gasteiger partial charge in [0.2, 0.25) is 0 Å². The Balaban J connectivity index is 3.39. The van der Waals surface area contributed by atoms with Crippen LogP contribution < -0.4 is 0 Å². The molecule has 0 aliphatic heterocycles. The van der Waals surface area contributed by atoms with Crippen molar-refractivity contribution in [3.8, 4) is 0 Å². The number of carbonyl (C=O) groups excluding carboxylic acids is 2. The average Bonchev–Trinajstić information content (AvgIpc) is 3.06. The first-order chi connectivity index (χ1) is 22.4. The summed E-state index contributed by atoms with van der Waals surface area (Å²) < 4.78 is 10.3. The van der Waals surface area contributed by atoms with Crippen LogP contribution in [0.15, 0.2) is 0 Å². The fraction of sp³-hybridized carbons (Fsp3) is 0.951. The van der Waals surface area contributed by atoms with E-state index in [4.69, 9.17) is 9.47 Å². The third-order valence-electron chi connectivity index (χ3n) is 9.92. The molecular formula is C41H80O5. The van der Waals surface area contributed by atoms with Crippen molar-refractivity contribution in [2.45, 2.75) is 226 Å². The lowest BCUT2D eigenvalue weighted by Crippen LogP contribution is -2.25. The van der Waals surface area contributed by atoms with Crippen LogP contribution in [0.5, 0.6) is 0 Å². The number of rotatable bonds is 36. The van der Waals surface area contributed by atoms with Gasteiger partial charge in [-0.05, 0) is 24.7 Å². The van der Waals surface area contributed by atoms with Crippen LogP contribution in [0.1, 0.15) is 220 Å². The minimum atomic E-state index is -0.956. The Labute approximate surface area is 287 Å². The van der Waals surface area contributed by atoms with Crippen LogP contribution in [-0.2, 0) is 19.1 Å². The molecule has 0 aromatic carbocycles. The van der Waals surface area contributed by atoms with Crippen molar-refractivity contribution in [1.82, 2.24) is 0 Å². The van der Waals surface area contributed by atoms with Crippen LogP contribution in [0.2, 0.25) is 0 Å². The summed E-state index contributed by atoms with van der Waals surface area (Å²) in [7, 11) is 0. The molecule has 0 aliphatic rings. The first-order valence-corrected chi connectivity index (χ1v) is 20.4. The lowest BCUT2D eigenvalue weighted by molar-refractivity contribution is -0.152. The van der Waals surface area contributed by atoms with Gasteiger partial charge < -0.3 is 14.6 Å². The minimum Gasteiger partial charge on any atom is -0.463 e. The number of hydrogen-bond acceptors (Lipinski definition) is 5. The van der Waals surface area contributed by atoms with Gasteiger partial charge in [0.25, 0.3) is 0 Å². The Bertz CT molecular complexity index is 651. The van der Waals surface area contributed by atoms with Crippen LogP contribution in [0.4, 0.5) is 0 Å². The summed E-state index contributed by atoms with van der Waals surface area (Å²) in [5.41, 5.74) is 0. The van der Waals surface area contributed by atoms with Gasteiger partial charge in [-0.1, -0.05) is 195 Å². The van der Waals surface area contributed by atoms with E-state index in [0.29, 0.717) is 12.8 Å². The first-order valence-electron chi connectivity index (χ1n) is 20.4. The van der Waals surface area contributed by atoms with Crippen LogP contribution in [0.25, 0.3) is 0 Å². The van der Waals surface area contributed by atoms with E-state index in [1.807, 2.05) is 0 Å². The molecule has 46 heavy (non-hydrogen) atoms. The van der Waals surface area contributed by atoms with Gasteiger partial charge in [-0.25, -0.2) is 0 Å². The summed E-state index contributed by atoms with van der Waals surface area (Å²) in [6, 6.07) is 0. The molecule has 3 atom stereocenters. The molecular weight excluding hydrogens is 572 g/mol. The standard InChI is InChI=1S/C41H80O5/c1-5-37(3)31-27-23-19-15-11-9-7-8-10-12-17-21-25-29-33-40(43)45-35-39(42)36-46-41(44)34-30-26-22-18-14-13-16-20-24-28-32-38(4)6-2/h37-39,42H,5-36H2,1-4H3/t37?,38?,39-/m1/s1. The van der Waals surface area contributed by atoms with Gasteiger partial charge in [-0.15, -0.1) is 0 Å². The molecule has 274 valence electrons. The molecule has 0 fully saturated rings. The lowest BCUT2D eigenvalue weighted by atomic mass is 9.99. The minimum absolute atomic E-state index is 0.109. The Kier molecular flexibility index (Phi) is 34.4. The van der Waals surface area contributed by atoms with Crippen molar-refractivity contribution < 1.29 is 24.2 Å². The third kappa shape index (κ3) is 34.2. The normalized spacial score (nSPS) is 13.4. The molecule has 1 N–H and O–H groups in total. The van der Waals surface area contributed by atoms with E-state index >= 15 is 0 Å². The summed E-state index contributed by atoms with van der Waals surface area (Å²) in [5.74, 6) is 1.23. The Hall–Kier alpha value is -1.10. The molecule has 0 bridgehead atoms. The number of ether oxygens (including phenoxy) is 2. The quantitative estimate of drug-likeness (QED) is 0.0538. The number of esters is 2. The molecule has 0 saturated heterocycles. The second-order valence-corrected chi connectivity index (χ2v) is 14.6. The smallest absolute Gasteiger partial charge is 0.305 e. The maximum atomic E-state index is 12.0. The number of hydrogen-bond donors (Lipinski definition) is 1. The van der Waals surface area contributed by atoms with Crippen molar-refractivity contribution in [2.24, 2.45) is 11.8 Å². The summed E-state index contributed by atoms with van der Waals surface area (Å²) >= 11 is 0. The highest BCUT2D eigenvalue weighted by Gasteiger charge is 2.12. The van der Waals surface area contributed by atoms with E-state index in [-0.39, 0.29) is 25.2 Å². The van der Waals surface area contributed by atoms with E-state index in [0.717, 1.165) is 37.5 Å². The molecule has 0 rings (SSSR count). The second kappa shape index (κ2) is 35.2. The van der Waals surface area contributed by atoms with Gasteiger partial charge in [-0.3, -0.25) is 9.59 Å². The fourth-order valence-electron chi connectivity index (χ4n) is 6.04. The number of unbranched alkanes of at least 4 members (excludes halogenated alkanes) is 22. The molecule has 0 aromatic heterocycles. The first kappa shape index (κ1) is 44.9. The van der Waals surface area contributed by atoms with Gasteiger partial charge >= 0.3 is 11.9 Å². The zero-order valence-corrected chi connectivity index (χ0v) is 31.4. The van der Waals surface area contributed by atoms with Crippen molar-refractivity contribution in [1.29, 1.82) is 0 Å². The van der Waals surface area contributed by atoms with Gasteiger partial charge in [0.1, 0.15) is 19.3 Å². The van der Waals surface area contributed by atoms with Crippen molar-refractivity contribution >= 4 is 11.9 Å². The third-order valence-corrected chi connectivity index (χ3v) is 9.92. The van der Waals surface area contributed by atoms with E-state index in [1.165, 1.54) is 154 Å². The number of aliphatic hydroxyl groups is 1. The van der Waals surface area contributed by atoms with Crippen LogP contribution in [0.3, 0.4) is 0 Å². The van der Waals surface area contributed by atoms with Crippen molar-refractivity contribution in [3.05, 3.63) is 0 Å². The second-order valence-electron chi connectivity index (χ2n) is 14.6. The van der Waals surface area contributed by atoms with Crippen LogP contribution in [-0.4, -0.2) is 36.4 Å². The summed E-state index contributed by atoms with van der Waals surface area (Å²) in [4.78, 5) is 23.9. The lowest BCUT2D eigenvalue weighted by Gasteiger charge is -2.12. The zero-order valence-electron chi connectivity index (χ0n) is 31.4. The number of aliphatic hydroxyl groups excluding tert-OH is 1. The zero-order chi connectivity index (χ0) is 33.9. The topological polar surface area (TPSA) is 72.8 Å². The van der Waals surface area contributed by atoms with Crippen LogP contribution >= 0.6 is 0 Å². The Morgan fingerprint density at radius 1 is 0.435 bits per heavy atom. The highest BCUT2D eigenvalue weighted by atomic mass is 16.6. The van der Waals surface area contributed by atoms with Gasteiger partial charge in [-0.2, -0.15) is 0 Å². The van der Waals surface area contributed by atoms with Crippen molar-refractivity contribution in [2.75, 3.05) is 13.2 Å². The summed E-state index contributed by atoms with van der Waals surface area (Å²) in [6.45, 7) is 9.08. The molecule has 0 radical (unpaired) electrons. The van der Waals surface area contributed by atoms with Gasteiger partial charge in [0.05, 0.1) is 0 Å². The van der Waals surface area contributed by atoms with E-state index in [1.54, 1.807) is 0 Å². The SMILES string of the molecule is CCC(C)CCCCCCCCCCCCCCCCC(=O)OC[C@@H](O)COC(=O)CCCCCCCCCCCCC(C)CC. The molecule has 5 heteroatoms. The monoisotopic (exact) mass is 653 g/mol. The average molecular weight is 653 g/mol. The predicted octanol–water partition coefficient (Wildman–Crippen LogP) is 12.4. The fourth-order valence-corrected chi connectivity index (χ4v) is 6.04. The van der Waals surface area contributed by atoms with E-state index < -0.39 is 6.10 Å². The van der Waals surface area contributed by atoms with Crippen LogP contribution in [0, 0.1) is 11.8 Å². The Morgan fingerprint density at radius 3 is 0.935 bits per heavy atom. The molecule has 2 unspecified atom stereocenters. The van der Waals surface area contributed by atoms with Gasteiger partial charge in [0.15, 0.2) is 0 Å². The maximum absolute atomic E-state index is 12.0. The van der Waals surface area contributed by atoms with E-state index in [9.17, 15) is 14.7 Å². The predicted molar refractivity (Wildman–Crippen MR) is 196 cm³/mol. The summed E-state index contributed by atoms with van der Waals surface area (Å²) in [6.07, 6.45) is 35.7. The van der Waals surface area contributed by atoms with Gasteiger partial charge in [0, 0.05) is 12.8 Å². The largest absolute Gasteiger partial charge is 0.463 e. The van der Waals surface area contributed by atoms with E-state index in [2.05, 4.69) is 27.7 Å². The molecule has 0 heterocycles. The molecule has 0 aromatic rings. The molecule has 0 spiro atoms. The maximum Gasteiger partial charge on any atom is 0.305 e. The highest BCUT2D eigenvalue weighted by Crippen LogP contribution is 2.17. The molecule has 0 amide bonds. The molecule has 0 aliphatic carbocycles. The summed E-state index contributed by atoms with van der Waals surface area (Å²) in [5, 5.41) is 10.0. The Morgan fingerprint density at radius 2 is 0.674 bits per heavy atom. The van der Waals surface area contributed by atoms with Crippen molar-refractivity contribution in [3.63, 3.8) is 0 Å². The molecule has 0 saturated carbocycles. The number of carbonyl (C=O) groups is 2. The molecule has 5 nitrogen and oxygen atoms in total.